The number of allylic oxidation sites excluding steroid dienone is 1. The van der Waals surface area contributed by atoms with Crippen molar-refractivity contribution in [1.82, 2.24) is 5.32 Å². The second-order valence-electron chi connectivity index (χ2n) is 9.96. The predicted molar refractivity (Wildman–Crippen MR) is 99.7 cm³/mol. The highest BCUT2D eigenvalue weighted by Gasteiger charge is 2.59. The van der Waals surface area contributed by atoms with Crippen LogP contribution in [0.3, 0.4) is 0 Å². The summed E-state index contributed by atoms with van der Waals surface area (Å²) in [7, 11) is 2.14. The summed E-state index contributed by atoms with van der Waals surface area (Å²) in [5, 5.41) is 13.7. The van der Waals surface area contributed by atoms with E-state index in [4.69, 9.17) is 0 Å². The molecule has 0 aromatic heterocycles. The molecule has 0 bridgehead atoms. The van der Waals surface area contributed by atoms with Gasteiger partial charge >= 0.3 is 0 Å². The van der Waals surface area contributed by atoms with E-state index in [-0.39, 0.29) is 6.10 Å². The molecule has 0 radical (unpaired) electrons. The van der Waals surface area contributed by atoms with Gasteiger partial charge in [-0.2, -0.15) is 0 Å². The number of nitrogens with one attached hydrogen (secondary N) is 1. The van der Waals surface area contributed by atoms with E-state index < -0.39 is 0 Å². The Morgan fingerprint density at radius 3 is 2.67 bits per heavy atom. The molecule has 8 atom stereocenters. The molecule has 0 aromatic carbocycles. The molecule has 2 nitrogen and oxygen atoms in total. The Bertz CT molecular complexity index is 528. The van der Waals surface area contributed by atoms with Crippen molar-refractivity contribution in [3.63, 3.8) is 0 Å². The van der Waals surface area contributed by atoms with Gasteiger partial charge in [0.2, 0.25) is 0 Å². The van der Waals surface area contributed by atoms with Crippen LogP contribution in [0.4, 0.5) is 0 Å². The minimum absolute atomic E-state index is 0.0814. The number of hydrogen-bond donors (Lipinski definition) is 2. The number of hydrogen-bond acceptors (Lipinski definition) is 2. The lowest BCUT2D eigenvalue weighted by Crippen LogP contribution is -2.52. The van der Waals surface area contributed by atoms with Crippen LogP contribution in [0.2, 0.25) is 0 Å². The quantitative estimate of drug-likeness (QED) is 0.728. The molecular formula is C22H37NO. The number of fused-ring (bicyclic) bond motifs is 5. The lowest BCUT2D eigenvalue weighted by Gasteiger charge is -2.58. The number of aliphatic hydroxyl groups excluding tert-OH is 1. The van der Waals surface area contributed by atoms with Crippen LogP contribution in [0, 0.1) is 34.5 Å². The molecule has 2 N–H and O–H groups in total. The average molecular weight is 332 g/mol. The van der Waals surface area contributed by atoms with E-state index >= 15 is 0 Å². The van der Waals surface area contributed by atoms with E-state index in [0.717, 1.165) is 36.5 Å². The van der Waals surface area contributed by atoms with Crippen LogP contribution in [-0.2, 0) is 0 Å². The maximum absolute atomic E-state index is 10.1. The second-order valence-corrected chi connectivity index (χ2v) is 9.96. The van der Waals surface area contributed by atoms with Crippen molar-refractivity contribution in [2.45, 2.75) is 84.3 Å². The minimum atomic E-state index is -0.0814. The van der Waals surface area contributed by atoms with E-state index in [1.165, 1.54) is 38.5 Å². The summed E-state index contributed by atoms with van der Waals surface area (Å²) in [5.41, 5.74) is 2.53. The minimum Gasteiger partial charge on any atom is -0.393 e. The van der Waals surface area contributed by atoms with Gasteiger partial charge < -0.3 is 10.4 Å². The van der Waals surface area contributed by atoms with Crippen LogP contribution in [0.15, 0.2) is 11.6 Å². The van der Waals surface area contributed by atoms with Gasteiger partial charge in [-0.1, -0.05) is 25.5 Å². The van der Waals surface area contributed by atoms with Crippen molar-refractivity contribution < 1.29 is 5.11 Å². The van der Waals surface area contributed by atoms with Gasteiger partial charge in [-0.05, 0) is 99.8 Å². The average Bonchev–Trinajstić information content (AvgIpc) is 2.92. The van der Waals surface area contributed by atoms with E-state index in [1.807, 2.05) is 0 Å². The molecule has 136 valence electrons. The standard InChI is InChI=1S/C22H37NO/c1-14(23-4)18-7-8-19-17-6-5-15-13-16(24)9-11-21(15,2)20(17)10-12-22(18,19)3/h5,14,16-20,23-24H,6-13H2,1-4H3/t14-,16-,17-,18+,19-,20-,21-,22+/m0/s1. The molecule has 4 rings (SSSR count). The molecule has 0 aromatic rings. The second kappa shape index (κ2) is 5.84. The summed E-state index contributed by atoms with van der Waals surface area (Å²) in [6.45, 7) is 7.55. The highest BCUT2D eigenvalue weighted by atomic mass is 16.3. The Morgan fingerprint density at radius 1 is 1.12 bits per heavy atom. The van der Waals surface area contributed by atoms with Gasteiger partial charge in [0, 0.05) is 6.04 Å². The molecule has 0 aliphatic heterocycles. The zero-order valence-corrected chi connectivity index (χ0v) is 16.1. The summed E-state index contributed by atoms with van der Waals surface area (Å²) >= 11 is 0. The fourth-order valence-corrected chi connectivity index (χ4v) is 7.70. The predicted octanol–water partition coefficient (Wildman–Crippen LogP) is 4.53. The zero-order chi connectivity index (χ0) is 17.1. The van der Waals surface area contributed by atoms with E-state index in [2.05, 4.69) is 39.2 Å². The number of aliphatic hydroxyl groups is 1. The summed E-state index contributed by atoms with van der Waals surface area (Å²) in [5.74, 6) is 3.52. The van der Waals surface area contributed by atoms with Crippen LogP contribution in [-0.4, -0.2) is 24.3 Å². The first kappa shape index (κ1) is 17.1. The third-order valence-electron chi connectivity index (χ3n) is 9.21. The van der Waals surface area contributed by atoms with Gasteiger partial charge in [-0.15, -0.1) is 0 Å². The van der Waals surface area contributed by atoms with Crippen LogP contribution >= 0.6 is 0 Å². The Kier molecular flexibility index (Phi) is 4.16. The molecule has 4 aliphatic rings. The molecule has 3 fully saturated rings. The highest BCUT2D eigenvalue weighted by Crippen LogP contribution is 2.66. The smallest absolute Gasteiger partial charge is 0.0577 e. The molecular weight excluding hydrogens is 294 g/mol. The van der Waals surface area contributed by atoms with Crippen molar-refractivity contribution in [2.24, 2.45) is 34.5 Å². The van der Waals surface area contributed by atoms with Crippen LogP contribution in [0.1, 0.15) is 72.1 Å². The SMILES string of the molecule is CN[C@@H](C)[C@H]1CC[C@H]2[C@@H]3CC=C4C[C@@H](O)CC[C@]4(C)[C@H]3CC[C@]12C. The largest absolute Gasteiger partial charge is 0.393 e. The lowest BCUT2D eigenvalue weighted by atomic mass is 9.47. The molecule has 0 unspecified atom stereocenters. The van der Waals surface area contributed by atoms with E-state index in [9.17, 15) is 5.11 Å². The fourth-order valence-electron chi connectivity index (χ4n) is 7.70. The lowest BCUT2D eigenvalue weighted by molar-refractivity contribution is -0.0532. The molecule has 4 aliphatic carbocycles. The van der Waals surface area contributed by atoms with Crippen molar-refractivity contribution >= 4 is 0 Å². The monoisotopic (exact) mass is 331 g/mol. The summed E-state index contributed by atoms with van der Waals surface area (Å²) in [6, 6.07) is 0.645. The topological polar surface area (TPSA) is 32.3 Å². The van der Waals surface area contributed by atoms with Gasteiger partial charge in [0.15, 0.2) is 0 Å². The molecule has 0 spiro atoms. The van der Waals surface area contributed by atoms with Crippen molar-refractivity contribution in [1.29, 1.82) is 0 Å². The zero-order valence-electron chi connectivity index (χ0n) is 16.1. The Balaban J connectivity index is 1.63. The van der Waals surface area contributed by atoms with E-state index in [0.29, 0.717) is 16.9 Å². The first-order valence-electron chi connectivity index (χ1n) is 10.4. The third kappa shape index (κ3) is 2.28. The van der Waals surface area contributed by atoms with Gasteiger partial charge in [0.1, 0.15) is 0 Å². The normalized spacial score (nSPS) is 52.0. The Morgan fingerprint density at radius 2 is 1.92 bits per heavy atom. The molecule has 0 amide bonds. The molecule has 0 saturated heterocycles. The Hall–Kier alpha value is -0.340. The first-order valence-corrected chi connectivity index (χ1v) is 10.4. The third-order valence-corrected chi connectivity index (χ3v) is 9.21. The summed E-state index contributed by atoms with van der Waals surface area (Å²) in [6.07, 6.45) is 12.6. The Labute approximate surface area is 148 Å². The summed E-state index contributed by atoms with van der Waals surface area (Å²) < 4.78 is 0. The van der Waals surface area contributed by atoms with Gasteiger partial charge in [-0.3, -0.25) is 0 Å². The van der Waals surface area contributed by atoms with Gasteiger partial charge in [-0.25, -0.2) is 0 Å². The maximum Gasteiger partial charge on any atom is 0.0577 e. The van der Waals surface area contributed by atoms with Crippen LogP contribution < -0.4 is 5.32 Å². The van der Waals surface area contributed by atoms with Gasteiger partial charge in [0.05, 0.1) is 6.10 Å². The molecule has 24 heavy (non-hydrogen) atoms. The molecule has 2 heteroatoms. The van der Waals surface area contributed by atoms with Crippen molar-refractivity contribution in [3.8, 4) is 0 Å². The summed E-state index contributed by atoms with van der Waals surface area (Å²) in [4.78, 5) is 0. The van der Waals surface area contributed by atoms with Crippen molar-refractivity contribution in [3.05, 3.63) is 11.6 Å². The maximum atomic E-state index is 10.1. The van der Waals surface area contributed by atoms with Crippen molar-refractivity contribution in [2.75, 3.05) is 7.05 Å². The molecule has 3 saturated carbocycles. The van der Waals surface area contributed by atoms with Crippen LogP contribution in [0.5, 0.6) is 0 Å². The first-order chi connectivity index (χ1) is 11.4. The van der Waals surface area contributed by atoms with Gasteiger partial charge in [0.25, 0.3) is 0 Å². The van der Waals surface area contributed by atoms with Crippen LogP contribution in [0.25, 0.3) is 0 Å². The van der Waals surface area contributed by atoms with E-state index in [1.54, 1.807) is 5.57 Å². The fraction of sp³-hybridized carbons (Fsp3) is 0.909. The molecule has 0 heterocycles. The highest BCUT2D eigenvalue weighted by molar-refractivity contribution is 5.25. The number of rotatable bonds is 2.